The monoisotopic (exact) mass is 569 g/mol. The van der Waals surface area contributed by atoms with Crippen molar-refractivity contribution in [1.29, 1.82) is 0 Å². The lowest BCUT2D eigenvalue weighted by atomic mass is 10.1. The minimum atomic E-state index is -0.136. The van der Waals surface area contributed by atoms with Crippen LogP contribution in [0, 0.1) is 6.92 Å². The highest BCUT2D eigenvalue weighted by atomic mass is 16.5. The number of likely N-dealkylation sites (N-methyl/N-ethyl adjacent to an activating group) is 1. The van der Waals surface area contributed by atoms with E-state index in [-0.39, 0.29) is 18.1 Å². The molecule has 0 spiro atoms. The van der Waals surface area contributed by atoms with Gasteiger partial charge in [0, 0.05) is 43.8 Å². The number of methoxy groups -OCH3 is 1. The molecule has 0 bridgehead atoms. The van der Waals surface area contributed by atoms with E-state index in [1.54, 1.807) is 25.3 Å². The Labute approximate surface area is 241 Å². The number of amides is 1. The predicted molar refractivity (Wildman–Crippen MR) is 157 cm³/mol. The quantitative estimate of drug-likeness (QED) is 0.251. The molecule has 0 saturated carbocycles. The Balaban J connectivity index is 1.22. The molecule has 1 atom stereocenters. The Hall–Kier alpha value is -4.68. The number of aromatic amines is 1. The van der Waals surface area contributed by atoms with E-state index in [9.17, 15) is 4.79 Å². The summed E-state index contributed by atoms with van der Waals surface area (Å²) in [4.78, 5) is 32.1. The van der Waals surface area contributed by atoms with Gasteiger partial charge in [-0.15, -0.1) is 0 Å². The first kappa shape index (κ1) is 26.2. The Bertz CT molecular complexity index is 1790. The fourth-order valence-corrected chi connectivity index (χ4v) is 5.46. The molecule has 12 nitrogen and oxygen atoms in total. The molecule has 0 radical (unpaired) electrons. The van der Waals surface area contributed by atoms with Crippen molar-refractivity contribution in [3.05, 3.63) is 54.0 Å². The average molecular weight is 570 g/mol. The minimum absolute atomic E-state index is 0.124. The number of anilines is 2. The van der Waals surface area contributed by atoms with Crippen molar-refractivity contribution in [2.24, 2.45) is 0 Å². The van der Waals surface area contributed by atoms with Crippen LogP contribution in [0.1, 0.15) is 22.7 Å². The summed E-state index contributed by atoms with van der Waals surface area (Å²) in [5.74, 6) is 1.72. The summed E-state index contributed by atoms with van der Waals surface area (Å²) in [7, 11) is 3.58. The first-order chi connectivity index (χ1) is 20.4. The van der Waals surface area contributed by atoms with Crippen molar-refractivity contribution in [3.8, 4) is 22.8 Å². The van der Waals surface area contributed by atoms with Gasteiger partial charge >= 0.3 is 0 Å². The molecule has 12 heteroatoms. The van der Waals surface area contributed by atoms with Crippen LogP contribution in [-0.2, 0) is 4.74 Å². The van der Waals surface area contributed by atoms with Crippen LogP contribution in [0.3, 0.4) is 0 Å². The summed E-state index contributed by atoms with van der Waals surface area (Å²) in [6.07, 6.45) is 2.53. The highest BCUT2D eigenvalue weighted by Crippen LogP contribution is 2.37. The van der Waals surface area contributed by atoms with Crippen LogP contribution in [0.5, 0.6) is 11.6 Å². The van der Waals surface area contributed by atoms with Crippen LogP contribution in [0.4, 0.5) is 11.6 Å². The number of H-pyrrole nitrogens is 1. The minimum Gasteiger partial charge on any atom is -0.495 e. The SMILES string of the molecule is COc1cc(C(=O)NC2CN(C)C2)ccc1Nc1nc(O[C@H]2CCOC2)c2c(-c3ccc4nc(C)oc4c3)c[nH]c2n1. The van der Waals surface area contributed by atoms with E-state index in [1.807, 2.05) is 38.4 Å². The van der Waals surface area contributed by atoms with Crippen molar-refractivity contribution in [3.63, 3.8) is 0 Å². The van der Waals surface area contributed by atoms with E-state index >= 15 is 0 Å². The Morgan fingerprint density at radius 2 is 2.02 bits per heavy atom. The summed E-state index contributed by atoms with van der Waals surface area (Å²) in [5, 5.41) is 7.06. The molecule has 2 aliphatic rings. The number of likely N-dealkylation sites (tertiary alicyclic amines) is 1. The second kappa shape index (κ2) is 10.6. The van der Waals surface area contributed by atoms with Crippen LogP contribution in [0.25, 0.3) is 33.3 Å². The predicted octanol–water partition coefficient (Wildman–Crippen LogP) is 4.04. The van der Waals surface area contributed by atoms with Gasteiger partial charge in [0.15, 0.2) is 11.5 Å². The second-order valence-corrected chi connectivity index (χ2v) is 10.7. The number of ether oxygens (including phenoxy) is 3. The first-order valence-corrected chi connectivity index (χ1v) is 13.9. The van der Waals surface area contributed by atoms with Crippen molar-refractivity contribution in [2.45, 2.75) is 25.5 Å². The van der Waals surface area contributed by atoms with Crippen LogP contribution in [0.2, 0.25) is 0 Å². The van der Waals surface area contributed by atoms with Gasteiger partial charge < -0.3 is 39.1 Å². The van der Waals surface area contributed by atoms with Crippen LogP contribution < -0.4 is 20.1 Å². The molecule has 0 aliphatic carbocycles. The zero-order valence-electron chi connectivity index (χ0n) is 23.6. The molecule has 2 saturated heterocycles. The zero-order chi connectivity index (χ0) is 28.8. The molecule has 7 rings (SSSR count). The highest BCUT2D eigenvalue weighted by molar-refractivity contribution is 5.99. The van der Waals surface area contributed by atoms with Crippen molar-refractivity contribution in [1.82, 2.24) is 30.2 Å². The van der Waals surface area contributed by atoms with Gasteiger partial charge in [-0.25, -0.2) is 4.98 Å². The van der Waals surface area contributed by atoms with Gasteiger partial charge in [0.25, 0.3) is 5.91 Å². The van der Waals surface area contributed by atoms with Gasteiger partial charge in [-0.1, -0.05) is 6.07 Å². The van der Waals surface area contributed by atoms with E-state index < -0.39 is 0 Å². The number of hydrogen-bond donors (Lipinski definition) is 3. The molecule has 42 heavy (non-hydrogen) atoms. The third kappa shape index (κ3) is 4.99. The van der Waals surface area contributed by atoms with Crippen molar-refractivity contribution < 1.29 is 23.4 Å². The Morgan fingerprint density at radius 3 is 2.81 bits per heavy atom. The second-order valence-electron chi connectivity index (χ2n) is 10.7. The number of nitrogens with one attached hydrogen (secondary N) is 3. The lowest BCUT2D eigenvalue weighted by molar-refractivity contribution is 0.0857. The Morgan fingerprint density at radius 1 is 1.14 bits per heavy atom. The molecule has 2 aliphatic heterocycles. The summed E-state index contributed by atoms with van der Waals surface area (Å²) in [6, 6.07) is 11.3. The lowest BCUT2D eigenvalue weighted by Gasteiger charge is -2.36. The smallest absolute Gasteiger partial charge is 0.251 e. The number of aromatic nitrogens is 4. The standard InChI is InChI=1S/C30H31N7O5/c1-16-32-23-6-4-17(10-25(23)41-16)21-12-31-27-26(21)29(42-20-8-9-40-15-20)36-30(35-27)34-22-7-5-18(11-24(22)39-3)28(38)33-19-13-37(2)14-19/h4-7,10-12,19-20H,8-9,13-15H2,1-3H3,(H,33,38)(H2,31,34,35,36)/t20-/m0/s1. The van der Waals surface area contributed by atoms with Gasteiger partial charge in [-0.3, -0.25) is 4.79 Å². The summed E-state index contributed by atoms with van der Waals surface area (Å²) in [5.41, 5.74) is 5.04. The third-order valence-electron chi connectivity index (χ3n) is 7.58. The molecule has 2 aromatic carbocycles. The first-order valence-electron chi connectivity index (χ1n) is 13.9. The molecule has 0 unspecified atom stereocenters. The Kier molecular flexibility index (Phi) is 6.63. The molecular formula is C30H31N7O5. The number of fused-ring (bicyclic) bond motifs is 2. The van der Waals surface area contributed by atoms with Gasteiger partial charge in [0.05, 0.1) is 37.4 Å². The molecule has 5 heterocycles. The largest absolute Gasteiger partial charge is 0.495 e. The summed E-state index contributed by atoms with van der Waals surface area (Å²) >= 11 is 0. The number of nitrogens with zero attached hydrogens (tertiary/aromatic N) is 4. The van der Waals surface area contributed by atoms with Crippen LogP contribution in [-0.4, -0.2) is 83.3 Å². The maximum Gasteiger partial charge on any atom is 0.251 e. The van der Waals surface area contributed by atoms with E-state index in [2.05, 4.69) is 25.5 Å². The van der Waals surface area contributed by atoms with Crippen LogP contribution in [0.15, 0.2) is 47.0 Å². The molecule has 3 N–H and O–H groups in total. The van der Waals surface area contributed by atoms with Gasteiger partial charge in [-0.2, -0.15) is 9.97 Å². The average Bonchev–Trinajstić information content (AvgIpc) is 3.71. The molecule has 2 fully saturated rings. The number of carbonyl (C=O) groups excluding carboxylic acids is 1. The number of hydrogen-bond acceptors (Lipinski definition) is 10. The van der Waals surface area contributed by atoms with Gasteiger partial charge in [0.1, 0.15) is 23.0 Å². The van der Waals surface area contributed by atoms with E-state index in [0.717, 1.165) is 41.5 Å². The number of aryl methyl sites for hydroxylation is 1. The number of oxazole rings is 1. The number of benzene rings is 2. The number of rotatable bonds is 8. The number of carbonyl (C=O) groups is 1. The van der Waals surface area contributed by atoms with Gasteiger partial charge in [0.2, 0.25) is 11.8 Å². The molecule has 216 valence electrons. The fraction of sp³-hybridized carbons (Fsp3) is 0.333. The van der Waals surface area contributed by atoms with Crippen molar-refractivity contribution >= 4 is 39.7 Å². The maximum atomic E-state index is 12.8. The lowest BCUT2D eigenvalue weighted by Crippen LogP contribution is -2.57. The molecule has 1 amide bonds. The fourth-order valence-electron chi connectivity index (χ4n) is 5.46. The van der Waals surface area contributed by atoms with Crippen molar-refractivity contribution in [2.75, 3.05) is 45.8 Å². The zero-order valence-corrected chi connectivity index (χ0v) is 23.6. The van der Waals surface area contributed by atoms with Gasteiger partial charge in [-0.05, 0) is 42.9 Å². The molecule has 5 aromatic rings. The normalized spacial score (nSPS) is 17.5. The highest BCUT2D eigenvalue weighted by Gasteiger charge is 2.26. The van der Waals surface area contributed by atoms with E-state index in [0.29, 0.717) is 59.2 Å². The topological polar surface area (TPSA) is 140 Å². The summed E-state index contributed by atoms with van der Waals surface area (Å²) in [6.45, 7) is 4.64. The molecular weight excluding hydrogens is 538 g/mol. The maximum absolute atomic E-state index is 12.8. The van der Waals surface area contributed by atoms with E-state index in [4.69, 9.17) is 28.6 Å². The van der Waals surface area contributed by atoms with E-state index in [1.165, 1.54) is 0 Å². The third-order valence-corrected chi connectivity index (χ3v) is 7.58. The summed E-state index contributed by atoms with van der Waals surface area (Å²) < 4.78 is 23.3. The molecule has 3 aromatic heterocycles. The van der Waals surface area contributed by atoms with Crippen LogP contribution >= 0.6 is 0 Å².